The average Bonchev–Trinajstić information content (AvgIpc) is 2.76. The summed E-state index contributed by atoms with van der Waals surface area (Å²) >= 11 is 10.6. The van der Waals surface area contributed by atoms with Crippen molar-refractivity contribution in [2.45, 2.75) is 12.4 Å². The molecule has 0 aliphatic rings. The molecule has 0 aromatic carbocycles. The lowest BCUT2D eigenvalue weighted by molar-refractivity contribution is 0.682. The third-order valence-electron chi connectivity index (χ3n) is 1.64. The number of hydrogen-bond acceptors (Lipinski definition) is 3. The summed E-state index contributed by atoms with van der Waals surface area (Å²) in [5, 5.41) is 7.15. The lowest BCUT2D eigenvalue weighted by atomic mass is 10.5. The van der Waals surface area contributed by atoms with Crippen molar-refractivity contribution in [2.75, 3.05) is 0 Å². The Morgan fingerprint density at radius 2 is 2.43 bits per heavy atom. The van der Waals surface area contributed by atoms with Gasteiger partial charge in [0.05, 0.1) is 28.8 Å². The van der Waals surface area contributed by atoms with Gasteiger partial charge in [-0.2, -0.15) is 5.10 Å². The monoisotopic (exact) mass is 291 g/mol. The molecule has 0 unspecified atom stereocenters. The Labute approximate surface area is 98.9 Å². The van der Waals surface area contributed by atoms with Crippen LogP contribution in [0.25, 0.3) is 0 Å². The van der Waals surface area contributed by atoms with Gasteiger partial charge in [0.25, 0.3) is 0 Å². The standard InChI is InChI=1S/C8H7BrClN3S/c9-6-2-11-13(3-6)4-8-12-7(1-10)5-14-8/h2-3,5H,1,4H2. The zero-order valence-corrected chi connectivity index (χ0v) is 10.3. The van der Waals surface area contributed by atoms with Gasteiger partial charge in [-0.1, -0.05) is 0 Å². The molecule has 0 bridgehead atoms. The Hall–Kier alpha value is -0.390. The highest BCUT2D eigenvalue weighted by molar-refractivity contribution is 9.10. The van der Waals surface area contributed by atoms with E-state index in [4.69, 9.17) is 11.6 Å². The van der Waals surface area contributed by atoms with Gasteiger partial charge >= 0.3 is 0 Å². The molecule has 3 nitrogen and oxygen atoms in total. The molecule has 0 aliphatic carbocycles. The molecular formula is C8H7BrClN3S. The van der Waals surface area contributed by atoms with E-state index in [0.717, 1.165) is 15.2 Å². The second-order valence-electron chi connectivity index (χ2n) is 2.72. The first-order valence-electron chi connectivity index (χ1n) is 3.95. The molecule has 0 fully saturated rings. The van der Waals surface area contributed by atoms with Gasteiger partial charge in [-0.25, -0.2) is 4.98 Å². The molecule has 6 heteroatoms. The van der Waals surface area contributed by atoms with E-state index in [1.54, 1.807) is 17.5 Å². The molecule has 0 aliphatic heterocycles. The quantitative estimate of drug-likeness (QED) is 0.815. The van der Waals surface area contributed by atoms with Crippen molar-refractivity contribution < 1.29 is 0 Å². The third-order valence-corrected chi connectivity index (χ3v) is 3.20. The van der Waals surface area contributed by atoms with Crippen LogP contribution in [0.5, 0.6) is 0 Å². The molecule has 0 saturated carbocycles. The Bertz CT molecular complexity index is 426. The van der Waals surface area contributed by atoms with Gasteiger partial charge in [0.15, 0.2) is 0 Å². The normalized spacial score (nSPS) is 10.7. The van der Waals surface area contributed by atoms with Crippen molar-refractivity contribution in [3.05, 3.63) is 32.9 Å². The maximum atomic E-state index is 5.66. The first kappa shape index (κ1) is 10.1. The number of nitrogens with zero attached hydrogens (tertiary/aromatic N) is 3. The zero-order chi connectivity index (χ0) is 9.97. The van der Waals surface area contributed by atoms with E-state index < -0.39 is 0 Å². The average molecular weight is 293 g/mol. The van der Waals surface area contributed by atoms with Crippen LogP contribution in [0, 0.1) is 0 Å². The lowest BCUT2D eigenvalue weighted by Crippen LogP contribution is -1.99. The summed E-state index contributed by atoms with van der Waals surface area (Å²) in [5.41, 5.74) is 0.929. The number of aromatic nitrogens is 3. The van der Waals surface area contributed by atoms with Crippen LogP contribution in [0.4, 0.5) is 0 Å². The number of alkyl halides is 1. The van der Waals surface area contributed by atoms with Crippen molar-refractivity contribution in [3.8, 4) is 0 Å². The van der Waals surface area contributed by atoms with E-state index in [-0.39, 0.29) is 0 Å². The van der Waals surface area contributed by atoms with Crippen molar-refractivity contribution in [3.63, 3.8) is 0 Å². The zero-order valence-electron chi connectivity index (χ0n) is 7.15. The Balaban J connectivity index is 2.10. The highest BCUT2D eigenvalue weighted by atomic mass is 79.9. The van der Waals surface area contributed by atoms with E-state index in [2.05, 4.69) is 26.0 Å². The summed E-state index contributed by atoms with van der Waals surface area (Å²) < 4.78 is 2.81. The predicted molar refractivity (Wildman–Crippen MR) is 60.7 cm³/mol. The van der Waals surface area contributed by atoms with E-state index in [9.17, 15) is 0 Å². The van der Waals surface area contributed by atoms with Crippen LogP contribution >= 0.6 is 38.9 Å². The molecule has 74 valence electrons. The van der Waals surface area contributed by atoms with Crippen LogP contribution in [-0.4, -0.2) is 14.8 Å². The number of rotatable bonds is 3. The fourth-order valence-corrected chi connectivity index (χ4v) is 2.39. The van der Waals surface area contributed by atoms with Gasteiger partial charge in [-0.15, -0.1) is 22.9 Å². The summed E-state index contributed by atoms with van der Waals surface area (Å²) in [6, 6.07) is 0. The number of hydrogen-bond donors (Lipinski definition) is 0. The molecule has 0 N–H and O–H groups in total. The largest absolute Gasteiger partial charge is 0.265 e. The van der Waals surface area contributed by atoms with Crippen LogP contribution in [0.2, 0.25) is 0 Å². The highest BCUT2D eigenvalue weighted by Crippen LogP contribution is 2.14. The fourth-order valence-electron chi connectivity index (χ4n) is 1.05. The summed E-state index contributed by atoms with van der Waals surface area (Å²) in [6.07, 6.45) is 3.68. The van der Waals surface area contributed by atoms with Crippen LogP contribution in [-0.2, 0) is 12.4 Å². The summed E-state index contributed by atoms with van der Waals surface area (Å²) in [7, 11) is 0. The minimum Gasteiger partial charge on any atom is -0.265 e. The van der Waals surface area contributed by atoms with E-state index in [0.29, 0.717) is 12.4 Å². The molecule has 0 saturated heterocycles. The maximum absolute atomic E-state index is 5.66. The molecule has 2 rings (SSSR count). The summed E-state index contributed by atoms with van der Waals surface area (Å²) in [4.78, 5) is 4.34. The minimum atomic E-state index is 0.472. The predicted octanol–water partition coefficient (Wildman–Crippen LogP) is 2.89. The molecule has 2 aromatic rings. The fraction of sp³-hybridized carbons (Fsp3) is 0.250. The molecule has 0 amide bonds. The lowest BCUT2D eigenvalue weighted by Gasteiger charge is -1.95. The van der Waals surface area contributed by atoms with Crippen molar-refractivity contribution in [2.24, 2.45) is 0 Å². The first-order valence-corrected chi connectivity index (χ1v) is 6.16. The van der Waals surface area contributed by atoms with Gasteiger partial charge in [0.1, 0.15) is 5.01 Å². The SMILES string of the molecule is ClCc1csc(Cn2cc(Br)cn2)n1. The van der Waals surface area contributed by atoms with Crippen LogP contribution in [0.15, 0.2) is 22.2 Å². The molecule has 2 heterocycles. The molecule has 0 atom stereocenters. The summed E-state index contributed by atoms with van der Waals surface area (Å²) in [5.74, 6) is 0.472. The van der Waals surface area contributed by atoms with Crippen LogP contribution < -0.4 is 0 Å². The molecule has 14 heavy (non-hydrogen) atoms. The Kier molecular flexibility index (Phi) is 3.20. The van der Waals surface area contributed by atoms with Crippen LogP contribution in [0.3, 0.4) is 0 Å². The van der Waals surface area contributed by atoms with Crippen molar-refractivity contribution in [1.29, 1.82) is 0 Å². The highest BCUT2D eigenvalue weighted by Gasteiger charge is 2.02. The number of halogens is 2. The maximum Gasteiger partial charge on any atom is 0.114 e. The first-order chi connectivity index (χ1) is 6.78. The van der Waals surface area contributed by atoms with Gasteiger partial charge in [0.2, 0.25) is 0 Å². The molecule has 2 aromatic heterocycles. The summed E-state index contributed by atoms with van der Waals surface area (Å²) in [6.45, 7) is 0.702. The molecular weight excluding hydrogens is 286 g/mol. The van der Waals surface area contributed by atoms with Gasteiger partial charge < -0.3 is 0 Å². The minimum absolute atomic E-state index is 0.472. The van der Waals surface area contributed by atoms with E-state index in [1.807, 2.05) is 16.3 Å². The van der Waals surface area contributed by atoms with E-state index >= 15 is 0 Å². The smallest absolute Gasteiger partial charge is 0.114 e. The van der Waals surface area contributed by atoms with Gasteiger partial charge in [-0.05, 0) is 15.9 Å². The molecule has 0 radical (unpaired) electrons. The van der Waals surface area contributed by atoms with Crippen molar-refractivity contribution in [1.82, 2.24) is 14.8 Å². The van der Waals surface area contributed by atoms with Gasteiger partial charge in [-0.3, -0.25) is 4.68 Å². The third kappa shape index (κ3) is 2.34. The second kappa shape index (κ2) is 4.42. The van der Waals surface area contributed by atoms with Crippen LogP contribution in [0.1, 0.15) is 10.7 Å². The Morgan fingerprint density at radius 1 is 1.57 bits per heavy atom. The number of thiazole rings is 1. The Morgan fingerprint density at radius 3 is 3.00 bits per heavy atom. The topological polar surface area (TPSA) is 30.7 Å². The van der Waals surface area contributed by atoms with Gasteiger partial charge in [0, 0.05) is 11.6 Å². The van der Waals surface area contributed by atoms with E-state index in [1.165, 1.54) is 0 Å². The molecule has 0 spiro atoms. The second-order valence-corrected chi connectivity index (χ2v) is 4.85. The van der Waals surface area contributed by atoms with Crippen molar-refractivity contribution >= 4 is 38.9 Å².